The van der Waals surface area contributed by atoms with Crippen molar-refractivity contribution < 1.29 is 13.6 Å². The molecule has 0 unspecified atom stereocenters. The van der Waals surface area contributed by atoms with E-state index in [0.29, 0.717) is 16.7 Å². The monoisotopic (exact) mass is 468 g/mol. The third-order valence-corrected chi connectivity index (χ3v) is 6.85. The van der Waals surface area contributed by atoms with Crippen LogP contribution in [0, 0.1) is 0 Å². The first-order chi connectivity index (χ1) is 17.7. The minimum Gasteiger partial charge on any atom is -0.497 e. The Labute approximate surface area is 206 Å². The molecular formula is C32H20O4. The van der Waals surface area contributed by atoms with Gasteiger partial charge in [0.2, 0.25) is 0 Å². The fourth-order valence-corrected chi connectivity index (χ4v) is 5.03. The molecule has 0 atom stereocenters. The summed E-state index contributed by atoms with van der Waals surface area (Å²) in [6.07, 6.45) is 0. The molecule has 2 heterocycles. The van der Waals surface area contributed by atoms with Gasteiger partial charge in [-0.3, -0.25) is 0 Å². The highest BCUT2D eigenvalue weighted by atomic mass is 16.5. The van der Waals surface area contributed by atoms with Crippen LogP contribution in [0.1, 0.15) is 0 Å². The molecule has 2 aromatic heterocycles. The van der Waals surface area contributed by atoms with Gasteiger partial charge in [-0.05, 0) is 53.1 Å². The van der Waals surface area contributed by atoms with Crippen LogP contribution in [0.5, 0.6) is 5.75 Å². The van der Waals surface area contributed by atoms with Gasteiger partial charge in [-0.1, -0.05) is 66.7 Å². The largest absolute Gasteiger partial charge is 0.497 e. The molecule has 5 aromatic carbocycles. The lowest BCUT2D eigenvalue weighted by atomic mass is 9.98. The Morgan fingerprint density at radius 3 is 2.14 bits per heavy atom. The quantitative estimate of drug-likeness (QED) is 0.194. The molecule has 7 aromatic rings. The summed E-state index contributed by atoms with van der Waals surface area (Å²) in [6, 6.07) is 34.2. The van der Waals surface area contributed by atoms with E-state index >= 15 is 0 Å². The number of ether oxygens (including phenoxy) is 1. The zero-order valence-corrected chi connectivity index (χ0v) is 19.4. The molecule has 172 valence electrons. The van der Waals surface area contributed by atoms with Crippen molar-refractivity contribution in [1.29, 1.82) is 0 Å². The molecule has 4 heteroatoms. The number of furan rings is 1. The van der Waals surface area contributed by atoms with Crippen molar-refractivity contribution in [1.82, 2.24) is 0 Å². The predicted molar refractivity (Wildman–Crippen MR) is 145 cm³/mol. The molecule has 0 amide bonds. The number of hydrogen-bond acceptors (Lipinski definition) is 4. The fraction of sp³-hybridized carbons (Fsp3) is 0.0312. The number of methoxy groups -OCH3 is 1. The van der Waals surface area contributed by atoms with Crippen LogP contribution in [0.15, 0.2) is 117 Å². The van der Waals surface area contributed by atoms with Gasteiger partial charge in [0.1, 0.15) is 22.5 Å². The first-order valence-corrected chi connectivity index (χ1v) is 11.8. The van der Waals surface area contributed by atoms with Gasteiger partial charge in [-0.25, -0.2) is 4.79 Å². The van der Waals surface area contributed by atoms with E-state index in [1.165, 1.54) is 0 Å². The van der Waals surface area contributed by atoms with Crippen molar-refractivity contribution in [2.75, 3.05) is 7.11 Å². The van der Waals surface area contributed by atoms with Gasteiger partial charge in [-0.15, -0.1) is 0 Å². The first-order valence-electron chi connectivity index (χ1n) is 11.8. The summed E-state index contributed by atoms with van der Waals surface area (Å²) in [5.41, 5.74) is 6.12. The minimum absolute atomic E-state index is 0.372. The van der Waals surface area contributed by atoms with Crippen molar-refractivity contribution in [2.24, 2.45) is 0 Å². The molecule has 0 fully saturated rings. The highest BCUT2D eigenvalue weighted by molar-refractivity contribution is 6.09. The number of benzene rings is 5. The maximum atomic E-state index is 12.7. The van der Waals surface area contributed by atoms with E-state index < -0.39 is 0 Å². The van der Waals surface area contributed by atoms with Gasteiger partial charge < -0.3 is 13.6 Å². The lowest BCUT2D eigenvalue weighted by Gasteiger charge is -2.08. The molecule has 0 aliphatic rings. The van der Waals surface area contributed by atoms with Gasteiger partial charge >= 0.3 is 5.63 Å². The minimum atomic E-state index is -0.372. The highest BCUT2D eigenvalue weighted by Gasteiger charge is 2.13. The number of para-hydroxylation sites is 2. The molecule has 0 aliphatic heterocycles. The Morgan fingerprint density at radius 1 is 0.556 bits per heavy atom. The SMILES string of the molecule is COc1ccc2c(c1)c(=O)oc1cc(-c3ccc(-c4cccc5c4oc4ccccc45)cc3)ccc12. The summed E-state index contributed by atoms with van der Waals surface area (Å²) in [5.74, 6) is 0.629. The molecule has 0 saturated heterocycles. The van der Waals surface area contributed by atoms with Crippen LogP contribution in [-0.4, -0.2) is 7.11 Å². The summed E-state index contributed by atoms with van der Waals surface area (Å²) in [5, 5.41) is 4.49. The van der Waals surface area contributed by atoms with Crippen LogP contribution in [0.2, 0.25) is 0 Å². The predicted octanol–water partition coefficient (Wildman–Crippen LogP) is 8.19. The van der Waals surface area contributed by atoms with Gasteiger partial charge in [0, 0.05) is 27.1 Å². The van der Waals surface area contributed by atoms with Crippen molar-refractivity contribution in [3.63, 3.8) is 0 Å². The lowest BCUT2D eigenvalue weighted by molar-refractivity contribution is 0.415. The summed E-state index contributed by atoms with van der Waals surface area (Å²) >= 11 is 0. The molecule has 0 radical (unpaired) electrons. The Kier molecular flexibility index (Phi) is 4.48. The zero-order chi connectivity index (χ0) is 24.2. The lowest BCUT2D eigenvalue weighted by Crippen LogP contribution is -2.00. The standard InChI is InChI=1S/C32H20O4/c1-34-22-14-16-24-26-15-13-21(17-30(26)36-32(33)28(24)18-22)19-9-11-20(12-10-19)23-6-4-7-27-25-5-2-3-8-29(25)35-31(23)27/h2-18H,1H3. The van der Waals surface area contributed by atoms with Crippen LogP contribution in [0.4, 0.5) is 0 Å². The Morgan fingerprint density at radius 2 is 1.28 bits per heavy atom. The fourth-order valence-electron chi connectivity index (χ4n) is 5.03. The van der Waals surface area contributed by atoms with E-state index in [-0.39, 0.29) is 5.63 Å². The summed E-state index contributed by atoms with van der Waals surface area (Å²) in [4.78, 5) is 12.7. The van der Waals surface area contributed by atoms with Crippen LogP contribution in [0.3, 0.4) is 0 Å². The third-order valence-electron chi connectivity index (χ3n) is 6.85. The molecule has 7 rings (SSSR count). The van der Waals surface area contributed by atoms with Gasteiger partial charge in [0.25, 0.3) is 0 Å². The zero-order valence-electron chi connectivity index (χ0n) is 19.4. The molecule has 0 aliphatic carbocycles. The van der Waals surface area contributed by atoms with Crippen molar-refractivity contribution >= 4 is 43.7 Å². The molecule has 0 spiro atoms. The first kappa shape index (κ1) is 20.5. The van der Waals surface area contributed by atoms with E-state index in [2.05, 4.69) is 54.6 Å². The smallest absolute Gasteiger partial charge is 0.344 e. The molecule has 4 nitrogen and oxygen atoms in total. The van der Waals surface area contributed by atoms with Crippen LogP contribution in [0.25, 0.3) is 65.9 Å². The van der Waals surface area contributed by atoms with Crippen LogP contribution < -0.4 is 10.4 Å². The van der Waals surface area contributed by atoms with Crippen molar-refractivity contribution in [3.05, 3.63) is 114 Å². The van der Waals surface area contributed by atoms with E-state index in [9.17, 15) is 4.79 Å². The Balaban J connectivity index is 1.31. The second-order valence-corrected chi connectivity index (χ2v) is 8.87. The topological polar surface area (TPSA) is 52.6 Å². The molecule has 0 bridgehead atoms. The molecule has 36 heavy (non-hydrogen) atoms. The Hall–Kier alpha value is -4.83. The summed E-state index contributed by atoms with van der Waals surface area (Å²) < 4.78 is 17.2. The number of fused-ring (bicyclic) bond motifs is 6. The van der Waals surface area contributed by atoms with Crippen molar-refractivity contribution in [2.45, 2.75) is 0 Å². The summed E-state index contributed by atoms with van der Waals surface area (Å²) in [6.45, 7) is 0. The van der Waals surface area contributed by atoms with Gasteiger partial charge in [-0.2, -0.15) is 0 Å². The van der Waals surface area contributed by atoms with Crippen LogP contribution >= 0.6 is 0 Å². The third kappa shape index (κ3) is 3.12. The summed E-state index contributed by atoms with van der Waals surface area (Å²) in [7, 11) is 1.58. The molecular weight excluding hydrogens is 448 g/mol. The normalized spacial score (nSPS) is 11.6. The van der Waals surface area contributed by atoms with E-state index in [1.807, 2.05) is 42.5 Å². The van der Waals surface area contributed by atoms with Crippen LogP contribution in [-0.2, 0) is 0 Å². The van der Waals surface area contributed by atoms with Crippen molar-refractivity contribution in [3.8, 4) is 28.0 Å². The number of hydrogen-bond donors (Lipinski definition) is 0. The number of rotatable bonds is 3. The second-order valence-electron chi connectivity index (χ2n) is 8.87. The van der Waals surface area contributed by atoms with E-state index in [0.717, 1.165) is 55.0 Å². The Bertz CT molecular complexity index is 1990. The molecule has 0 saturated carbocycles. The highest BCUT2D eigenvalue weighted by Crippen LogP contribution is 2.36. The average Bonchev–Trinajstić information content (AvgIpc) is 3.32. The van der Waals surface area contributed by atoms with Gasteiger partial charge in [0.05, 0.1) is 12.5 Å². The molecule has 0 N–H and O–H groups in total. The average molecular weight is 469 g/mol. The van der Waals surface area contributed by atoms with E-state index in [4.69, 9.17) is 13.6 Å². The van der Waals surface area contributed by atoms with E-state index in [1.54, 1.807) is 13.2 Å². The maximum Gasteiger partial charge on any atom is 0.344 e. The van der Waals surface area contributed by atoms with Gasteiger partial charge in [0.15, 0.2) is 0 Å². The second kappa shape index (κ2) is 7.85. The maximum absolute atomic E-state index is 12.7.